The highest BCUT2D eigenvalue weighted by Crippen LogP contribution is 2.15. The number of hydrogen-bond acceptors (Lipinski definition) is 3. The van der Waals surface area contributed by atoms with E-state index >= 15 is 0 Å². The lowest BCUT2D eigenvalue weighted by Gasteiger charge is -2.20. The van der Waals surface area contributed by atoms with Crippen LogP contribution in [0.2, 0.25) is 0 Å². The SMILES string of the molecule is CN=C(NCCC(C)C)NCCS(=O)(=O)C(C)(C)C.I. The van der Waals surface area contributed by atoms with Gasteiger partial charge in [-0.05, 0) is 33.1 Å². The van der Waals surface area contributed by atoms with Crippen LogP contribution in [0, 0.1) is 5.92 Å². The van der Waals surface area contributed by atoms with Crippen molar-refractivity contribution in [3.05, 3.63) is 0 Å². The lowest BCUT2D eigenvalue weighted by Crippen LogP contribution is -2.42. The van der Waals surface area contributed by atoms with Crippen LogP contribution in [0.25, 0.3) is 0 Å². The average Bonchev–Trinajstić information content (AvgIpc) is 2.24. The van der Waals surface area contributed by atoms with E-state index < -0.39 is 14.6 Å². The number of guanidine groups is 1. The van der Waals surface area contributed by atoms with E-state index in [9.17, 15) is 8.42 Å². The predicted molar refractivity (Wildman–Crippen MR) is 97.8 cm³/mol. The van der Waals surface area contributed by atoms with Gasteiger partial charge < -0.3 is 10.6 Å². The number of nitrogens with zero attached hydrogens (tertiary/aromatic N) is 1. The van der Waals surface area contributed by atoms with Crippen molar-refractivity contribution in [1.29, 1.82) is 0 Å². The molecule has 0 spiro atoms. The number of sulfone groups is 1. The summed E-state index contributed by atoms with van der Waals surface area (Å²) in [5, 5.41) is 6.20. The van der Waals surface area contributed by atoms with E-state index in [1.54, 1.807) is 27.8 Å². The lowest BCUT2D eigenvalue weighted by atomic mass is 10.1. The summed E-state index contributed by atoms with van der Waals surface area (Å²) in [5.41, 5.74) is 0. The van der Waals surface area contributed by atoms with Gasteiger partial charge in [-0.15, -0.1) is 24.0 Å². The Labute approximate surface area is 141 Å². The second kappa shape index (κ2) is 9.81. The van der Waals surface area contributed by atoms with Crippen LogP contribution in [0.1, 0.15) is 41.0 Å². The third-order valence-corrected chi connectivity index (χ3v) is 5.44. The van der Waals surface area contributed by atoms with Gasteiger partial charge >= 0.3 is 0 Å². The van der Waals surface area contributed by atoms with Crippen LogP contribution in [0.3, 0.4) is 0 Å². The smallest absolute Gasteiger partial charge is 0.191 e. The van der Waals surface area contributed by atoms with Gasteiger partial charge in [-0.25, -0.2) is 8.42 Å². The topological polar surface area (TPSA) is 70.6 Å². The highest BCUT2D eigenvalue weighted by atomic mass is 127. The first kappa shape index (κ1) is 22.2. The standard InChI is InChI=1S/C13H29N3O2S.HI/c1-11(2)7-8-15-12(14-6)16-9-10-19(17,18)13(3,4)5;/h11H,7-10H2,1-6H3,(H2,14,15,16);1H. The Bertz CT molecular complexity index is 387. The van der Waals surface area contributed by atoms with Crippen LogP contribution in [0.4, 0.5) is 0 Å². The summed E-state index contributed by atoms with van der Waals surface area (Å²) in [6.45, 7) is 10.7. The fraction of sp³-hybridized carbons (Fsp3) is 0.923. The van der Waals surface area contributed by atoms with Gasteiger partial charge in [-0.2, -0.15) is 0 Å². The number of halogens is 1. The van der Waals surface area contributed by atoms with E-state index in [2.05, 4.69) is 29.5 Å². The molecule has 0 atom stereocenters. The maximum Gasteiger partial charge on any atom is 0.191 e. The zero-order valence-electron chi connectivity index (χ0n) is 13.5. The average molecular weight is 419 g/mol. The van der Waals surface area contributed by atoms with Crippen molar-refractivity contribution in [2.75, 3.05) is 25.9 Å². The molecular weight excluding hydrogens is 389 g/mol. The number of rotatable bonds is 6. The Morgan fingerprint density at radius 1 is 1.15 bits per heavy atom. The van der Waals surface area contributed by atoms with Gasteiger partial charge in [-0.1, -0.05) is 13.8 Å². The molecule has 0 fully saturated rings. The minimum Gasteiger partial charge on any atom is -0.356 e. The van der Waals surface area contributed by atoms with Crippen molar-refractivity contribution in [3.8, 4) is 0 Å². The van der Waals surface area contributed by atoms with Gasteiger partial charge in [0.05, 0.1) is 10.5 Å². The van der Waals surface area contributed by atoms with Crippen molar-refractivity contribution < 1.29 is 8.42 Å². The summed E-state index contributed by atoms with van der Waals surface area (Å²) < 4.78 is 23.1. The first-order valence-electron chi connectivity index (χ1n) is 6.77. The summed E-state index contributed by atoms with van der Waals surface area (Å²) in [4.78, 5) is 4.07. The van der Waals surface area contributed by atoms with E-state index in [4.69, 9.17) is 0 Å². The maximum atomic E-state index is 11.9. The number of hydrogen-bond donors (Lipinski definition) is 2. The Balaban J connectivity index is 0. The van der Waals surface area contributed by atoms with Gasteiger partial charge in [0.2, 0.25) is 0 Å². The van der Waals surface area contributed by atoms with Crippen LogP contribution in [0.15, 0.2) is 4.99 Å². The minimum atomic E-state index is -3.08. The van der Waals surface area contributed by atoms with E-state index in [-0.39, 0.29) is 29.7 Å². The van der Waals surface area contributed by atoms with Crippen LogP contribution in [-0.4, -0.2) is 45.0 Å². The predicted octanol–water partition coefficient (Wildman–Crippen LogP) is 2.03. The number of aliphatic imine (C=N–C) groups is 1. The molecule has 0 aliphatic carbocycles. The highest BCUT2D eigenvalue weighted by molar-refractivity contribution is 14.0. The van der Waals surface area contributed by atoms with E-state index in [0.29, 0.717) is 18.4 Å². The van der Waals surface area contributed by atoms with Crippen LogP contribution < -0.4 is 10.6 Å². The third kappa shape index (κ3) is 8.99. The van der Waals surface area contributed by atoms with E-state index in [1.807, 2.05) is 0 Å². The Morgan fingerprint density at radius 2 is 1.65 bits per heavy atom. The van der Waals surface area contributed by atoms with Crippen molar-refractivity contribution in [3.63, 3.8) is 0 Å². The minimum absolute atomic E-state index is 0. The van der Waals surface area contributed by atoms with Gasteiger partial charge in [0, 0.05) is 20.1 Å². The Morgan fingerprint density at radius 3 is 2.05 bits per heavy atom. The van der Waals surface area contributed by atoms with Crippen LogP contribution >= 0.6 is 24.0 Å². The molecule has 0 heterocycles. The van der Waals surface area contributed by atoms with Crippen molar-refractivity contribution >= 4 is 39.8 Å². The molecule has 122 valence electrons. The summed E-state index contributed by atoms with van der Waals surface area (Å²) in [6.07, 6.45) is 1.06. The molecule has 0 aromatic carbocycles. The molecule has 0 saturated heterocycles. The fourth-order valence-corrected chi connectivity index (χ4v) is 2.29. The Hall–Kier alpha value is -0.0500. The largest absolute Gasteiger partial charge is 0.356 e. The van der Waals surface area contributed by atoms with Crippen LogP contribution in [-0.2, 0) is 9.84 Å². The van der Waals surface area contributed by atoms with Crippen molar-refractivity contribution in [2.45, 2.75) is 45.8 Å². The first-order valence-corrected chi connectivity index (χ1v) is 8.42. The summed E-state index contributed by atoms with van der Waals surface area (Å²) in [5.74, 6) is 1.40. The summed E-state index contributed by atoms with van der Waals surface area (Å²) in [7, 11) is -1.40. The molecule has 0 radical (unpaired) electrons. The van der Waals surface area contributed by atoms with Gasteiger partial charge in [-0.3, -0.25) is 4.99 Å². The normalized spacial score (nSPS) is 13.1. The molecule has 0 bridgehead atoms. The second-order valence-electron chi connectivity index (χ2n) is 6.04. The highest BCUT2D eigenvalue weighted by Gasteiger charge is 2.28. The molecule has 0 rings (SSSR count). The molecule has 0 aliphatic heterocycles. The van der Waals surface area contributed by atoms with Gasteiger partial charge in [0.1, 0.15) is 0 Å². The number of nitrogens with one attached hydrogen (secondary N) is 2. The third-order valence-electron chi connectivity index (χ3n) is 2.83. The molecule has 5 nitrogen and oxygen atoms in total. The van der Waals surface area contributed by atoms with Gasteiger partial charge in [0.25, 0.3) is 0 Å². The molecule has 0 aliphatic rings. The molecule has 0 amide bonds. The van der Waals surface area contributed by atoms with E-state index in [0.717, 1.165) is 13.0 Å². The zero-order chi connectivity index (χ0) is 15.1. The Kier molecular flexibility index (Phi) is 10.9. The molecule has 7 heteroatoms. The first-order chi connectivity index (χ1) is 8.60. The lowest BCUT2D eigenvalue weighted by molar-refractivity contribution is 0.558. The van der Waals surface area contributed by atoms with E-state index in [1.165, 1.54) is 0 Å². The molecule has 2 N–H and O–H groups in total. The molecule has 20 heavy (non-hydrogen) atoms. The van der Waals surface area contributed by atoms with Gasteiger partial charge in [0.15, 0.2) is 15.8 Å². The molecular formula is C13H30IN3O2S. The summed E-state index contributed by atoms with van der Waals surface area (Å²) in [6, 6.07) is 0. The van der Waals surface area contributed by atoms with Crippen LogP contribution in [0.5, 0.6) is 0 Å². The molecule has 0 saturated carbocycles. The quantitative estimate of drug-likeness (QED) is 0.393. The fourth-order valence-electron chi connectivity index (χ4n) is 1.31. The zero-order valence-corrected chi connectivity index (χ0v) is 16.6. The maximum absolute atomic E-state index is 11.9. The molecule has 0 aromatic heterocycles. The molecule has 0 unspecified atom stereocenters. The summed E-state index contributed by atoms with van der Waals surface area (Å²) >= 11 is 0. The monoisotopic (exact) mass is 419 g/mol. The van der Waals surface area contributed by atoms with Crippen molar-refractivity contribution in [1.82, 2.24) is 10.6 Å². The second-order valence-corrected chi connectivity index (χ2v) is 8.90. The van der Waals surface area contributed by atoms with Crippen molar-refractivity contribution in [2.24, 2.45) is 10.9 Å². The molecule has 0 aromatic rings.